The zero-order valence-electron chi connectivity index (χ0n) is 8.32. The summed E-state index contributed by atoms with van der Waals surface area (Å²) >= 11 is 5.63. The van der Waals surface area contributed by atoms with Crippen LogP contribution in [-0.4, -0.2) is 23.8 Å². The van der Waals surface area contributed by atoms with Gasteiger partial charge in [0, 0.05) is 12.1 Å². The number of nitrogens with one attached hydrogen (secondary N) is 1. The number of carbonyl (C=O) groups excluding carboxylic acids is 1. The quantitative estimate of drug-likeness (QED) is 0.669. The number of carbonyl (C=O) groups is 1. The van der Waals surface area contributed by atoms with Crippen LogP contribution in [0.2, 0.25) is 5.02 Å². The highest BCUT2D eigenvalue weighted by Gasteiger charge is 2.15. The van der Waals surface area contributed by atoms with Crippen LogP contribution in [0, 0.1) is 10.1 Å². The van der Waals surface area contributed by atoms with E-state index in [2.05, 4.69) is 0 Å². The average molecular weight is 265 g/mol. The Morgan fingerprint density at radius 1 is 1.53 bits per heavy atom. The number of nitro benzene ring substituents is 1. The first-order valence-corrected chi connectivity index (χ1v) is 4.80. The molecule has 1 amide bonds. The molecule has 5 nitrogen and oxygen atoms in total. The number of nitro groups is 1. The summed E-state index contributed by atoms with van der Waals surface area (Å²) in [6.07, 6.45) is -2.67. The number of rotatable bonds is 4. The zero-order valence-corrected chi connectivity index (χ0v) is 9.08. The van der Waals surface area contributed by atoms with Crippen molar-refractivity contribution >= 4 is 23.2 Å². The molecule has 0 saturated carbocycles. The molecule has 0 spiro atoms. The number of amides is 1. The van der Waals surface area contributed by atoms with Crippen molar-refractivity contribution in [3.05, 3.63) is 38.9 Å². The van der Waals surface area contributed by atoms with E-state index in [0.717, 1.165) is 18.2 Å². The standard InChI is InChI=1S/C9H7ClF2N2O3/c10-7-3-5(14(16)17)1-2-6(7)9(15)13-4-8(11)12/h1-3,8H,4H2,(H,13,15). The molecule has 0 bridgehead atoms. The average Bonchev–Trinajstić information content (AvgIpc) is 2.25. The van der Waals surface area contributed by atoms with E-state index in [-0.39, 0.29) is 16.3 Å². The van der Waals surface area contributed by atoms with E-state index in [9.17, 15) is 23.7 Å². The minimum Gasteiger partial charge on any atom is -0.346 e. The van der Waals surface area contributed by atoms with Gasteiger partial charge in [0.1, 0.15) is 0 Å². The van der Waals surface area contributed by atoms with Gasteiger partial charge in [0.15, 0.2) is 0 Å². The van der Waals surface area contributed by atoms with Crippen LogP contribution in [0.4, 0.5) is 14.5 Å². The van der Waals surface area contributed by atoms with Gasteiger partial charge in [-0.2, -0.15) is 0 Å². The summed E-state index contributed by atoms with van der Waals surface area (Å²) < 4.78 is 23.7. The van der Waals surface area contributed by atoms with E-state index in [0.29, 0.717) is 0 Å². The molecule has 8 heteroatoms. The number of hydrogen-bond donors (Lipinski definition) is 1. The third kappa shape index (κ3) is 3.63. The van der Waals surface area contributed by atoms with Gasteiger partial charge in [-0.3, -0.25) is 14.9 Å². The molecule has 0 aliphatic heterocycles. The zero-order chi connectivity index (χ0) is 13.0. The maximum atomic E-state index is 11.8. The van der Waals surface area contributed by atoms with Crippen LogP contribution in [0.15, 0.2) is 18.2 Å². The lowest BCUT2D eigenvalue weighted by atomic mass is 10.2. The summed E-state index contributed by atoms with van der Waals surface area (Å²) in [4.78, 5) is 21.1. The second-order valence-corrected chi connectivity index (χ2v) is 3.43. The molecule has 0 fully saturated rings. The van der Waals surface area contributed by atoms with Crippen LogP contribution in [-0.2, 0) is 0 Å². The van der Waals surface area contributed by atoms with E-state index in [1.165, 1.54) is 0 Å². The normalized spacial score (nSPS) is 10.4. The molecule has 0 aliphatic rings. The van der Waals surface area contributed by atoms with E-state index in [1.807, 2.05) is 5.32 Å². The molecule has 1 N–H and O–H groups in total. The van der Waals surface area contributed by atoms with Crippen LogP contribution < -0.4 is 5.32 Å². The Labute approximate surface area is 99.5 Å². The molecule has 0 heterocycles. The van der Waals surface area contributed by atoms with Gasteiger partial charge in [0.2, 0.25) is 0 Å². The Balaban J connectivity index is 2.85. The maximum absolute atomic E-state index is 11.8. The van der Waals surface area contributed by atoms with Crippen LogP contribution in [0.1, 0.15) is 10.4 Å². The van der Waals surface area contributed by atoms with E-state index in [4.69, 9.17) is 11.6 Å². The molecule has 0 atom stereocenters. The predicted molar refractivity (Wildman–Crippen MR) is 56.4 cm³/mol. The molecule has 92 valence electrons. The Morgan fingerprint density at radius 2 is 2.18 bits per heavy atom. The lowest BCUT2D eigenvalue weighted by Crippen LogP contribution is -2.28. The summed E-state index contributed by atoms with van der Waals surface area (Å²) in [5.74, 6) is -0.801. The molecule has 0 unspecified atom stereocenters. The summed E-state index contributed by atoms with van der Waals surface area (Å²) in [7, 11) is 0. The fourth-order valence-electron chi connectivity index (χ4n) is 1.07. The molecule has 0 aromatic heterocycles. The number of benzene rings is 1. The van der Waals surface area contributed by atoms with Gasteiger partial charge in [-0.25, -0.2) is 8.78 Å². The van der Waals surface area contributed by atoms with Gasteiger partial charge in [-0.1, -0.05) is 11.6 Å². The first-order valence-electron chi connectivity index (χ1n) is 4.42. The Morgan fingerprint density at radius 3 is 2.65 bits per heavy atom. The molecule has 1 rings (SSSR count). The van der Waals surface area contributed by atoms with Crippen LogP contribution >= 0.6 is 11.6 Å². The number of non-ortho nitro benzene ring substituents is 1. The van der Waals surface area contributed by atoms with Gasteiger partial charge in [0.25, 0.3) is 18.0 Å². The molecule has 1 aromatic carbocycles. The maximum Gasteiger partial charge on any atom is 0.270 e. The van der Waals surface area contributed by atoms with Gasteiger partial charge < -0.3 is 5.32 Å². The predicted octanol–water partition coefficient (Wildman–Crippen LogP) is 2.24. The summed E-state index contributed by atoms with van der Waals surface area (Å²) in [6.45, 7) is -0.799. The molecular formula is C9H7ClF2N2O3. The Bertz CT molecular complexity index is 454. The Hall–Kier alpha value is -1.76. The summed E-state index contributed by atoms with van der Waals surface area (Å²) in [6, 6.07) is 3.17. The van der Waals surface area contributed by atoms with Crippen molar-refractivity contribution in [2.24, 2.45) is 0 Å². The van der Waals surface area contributed by atoms with E-state index < -0.39 is 23.8 Å². The van der Waals surface area contributed by atoms with Gasteiger partial charge in [0.05, 0.1) is 22.1 Å². The van der Waals surface area contributed by atoms with Crippen LogP contribution in [0.3, 0.4) is 0 Å². The SMILES string of the molecule is O=C(NCC(F)F)c1ccc([N+](=O)[O-])cc1Cl. The molecule has 1 aromatic rings. The number of hydrogen-bond acceptors (Lipinski definition) is 3. The summed E-state index contributed by atoms with van der Waals surface area (Å²) in [5.41, 5.74) is -0.363. The third-order valence-corrected chi connectivity index (χ3v) is 2.14. The molecule has 0 aliphatic carbocycles. The lowest BCUT2D eigenvalue weighted by Gasteiger charge is -2.05. The number of alkyl halides is 2. The third-order valence-electron chi connectivity index (χ3n) is 1.83. The van der Waals surface area contributed by atoms with E-state index >= 15 is 0 Å². The fourth-order valence-corrected chi connectivity index (χ4v) is 1.33. The van der Waals surface area contributed by atoms with Crippen molar-refractivity contribution in [3.8, 4) is 0 Å². The monoisotopic (exact) mass is 264 g/mol. The molecular weight excluding hydrogens is 258 g/mol. The van der Waals surface area contributed by atoms with Gasteiger partial charge in [-0.05, 0) is 6.07 Å². The Kier molecular flexibility index (Phi) is 4.33. The largest absolute Gasteiger partial charge is 0.346 e. The topological polar surface area (TPSA) is 72.2 Å². The highest BCUT2D eigenvalue weighted by atomic mass is 35.5. The highest BCUT2D eigenvalue weighted by molar-refractivity contribution is 6.34. The van der Waals surface area contributed by atoms with Crippen molar-refractivity contribution in [3.63, 3.8) is 0 Å². The van der Waals surface area contributed by atoms with E-state index in [1.54, 1.807) is 0 Å². The van der Waals surface area contributed by atoms with Gasteiger partial charge >= 0.3 is 0 Å². The smallest absolute Gasteiger partial charge is 0.270 e. The second kappa shape index (κ2) is 5.53. The molecule has 17 heavy (non-hydrogen) atoms. The van der Waals surface area contributed by atoms with Crippen molar-refractivity contribution in [1.29, 1.82) is 0 Å². The van der Waals surface area contributed by atoms with Crippen LogP contribution in [0.5, 0.6) is 0 Å². The minimum atomic E-state index is -2.67. The molecule has 0 radical (unpaired) electrons. The first-order chi connectivity index (χ1) is 7.91. The fraction of sp³-hybridized carbons (Fsp3) is 0.222. The second-order valence-electron chi connectivity index (χ2n) is 3.02. The first kappa shape index (κ1) is 13.3. The summed E-state index contributed by atoms with van der Waals surface area (Å²) in [5, 5.41) is 12.2. The highest BCUT2D eigenvalue weighted by Crippen LogP contribution is 2.22. The lowest BCUT2D eigenvalue weighted by molar-refractivity contribution is -0.384. The van der Waals surface area contributed by atoms with Crippen molar-refractivity contribution in [2.45, 2.75) is 6.43 Å². The minimum absolute atomic E-state index is 0.0853. The van der Waals surface area contributed by atoms with Crippen molar-refractivity contribution < 1.29 is 18.5 Å². The number of halogens is 3. The number of nitrogens with zero attached hydrogens (tertiary/aromatic N) is 1. The van der Waals surface area contributed by atoms with Crippen LogP contribution in [0.25, 0.3) is 0 Å². The van der Waals surface area contributed by atoms with Gasteiger partial charge in [-0.15, -0.1) is 0 Å². The van der Waals surface area contributed by atoms with Crippen molar-refractivity contribution in [1.82, 2.24) is 5.32 Å². The van der Waals surface area contributed by atoms with Crippen molar-refractivity contribution in [2.75, 3.05) is 6.54 Å². The molecule has 0 saturated heterocycles.